The second-order valence-electron chi connectivity index (χ2n) is 5.10. The zero-order chi connectivity index (χ0) is 15.0. The fourth-order valence-corrected chi connectivity index (χ4v) is 4.32. The van der Waals surface area contributed by atoms with E-state index in [9.17, 15) is 4.79 Å². The Morgan fingerprint density at radius 2 is 2.29 bits per heavy atom. The Kier molecular flexibility index (Phi) is 4.57. The van der Waals surface area contributed by atoms with Gasteiger partial charge in [0.15, 0.2) is 0 Å². The van der Waals surface area contributed by atoms with E-state index in [1.165, 1.54) is 10.4 Å². The number of halogens is 2. The van der Waals surface area contributed by atoms with E-state index in [0.717, 1.165) is 23.0 Å². The Balaban J connectivity index is 1.92. The molecule has 0 N–H and O–H groups in total. The van der Waals surface area contributed by atoms with Gasteiger partial charge in [0.25, 0.3) is 5.91 Å². The molecule has 1 aromatic heterocycles. The average molecular weight is 432 g/mol. The second-order valence-corrected chi connectivity index (χ2v) is 7.67. The number of carbonyl (C=O) groups excluding carboxylic acids is 1. The van der Waals surface area contributed by atoms with Crippen LogP contribution < -0.4 is 0 Å². The Morgan fingerprint density at radius 3 is 3.00 bits per heavy atom. The minimum atomic E-state index is 0.0806. The van der Waals surface area contributed by atoms with Gasteiger partial charge in [0, 0.05) is 20.6 Å². The molecule has 2 aromatic rings. The molecule has 5 heteroatoms. The van der Waals surface area contributed by atoms with E-state index in [1.807, 2.05) is 17.0 Å². The summed E-state index contributed by atoms with van der Waals surface area (Å²) in [5, 5.41) is 2.77. The molecule has 0 bridgehead atoms. The van der Waals surface area contributed by atoms with E-state index in [2.05, 4.69) is 41.0 Å². The molecule has 1 unspecified atom stereocenters. The van der Waals surface area contributed by atoms with Gasteiger partial charge in [0.2, 0.25) is 0 Å². The molecule has 3 rings (SSSR count). The highest BCUT2D eigenvalue weighted by molar-refractivity contribution is 14.1. The lowest BCUT2D eigenvalue weighted by molar-refractivity contribution is 0.0657. The van der Waals surface area contributed by atoms with Gasteiger partial charge < -0.3 is 4.90 Å². The molecule has 110 valence electrons. The third kappa shape index (κ3) is 2.85. The number of carbonyl (C=O) groups is 1. The highest BCUT2D eigenvalue weighted by atomic mass is 127. The van der Waals surface area contributed by atoms with Crippen LogP contribution in [0.25, 0.3) is 0 Å². The summed E-state index contributed by atoms with van der Waals surface area (Å²) in [4.78, 5) is 16.2. The zero-order valence-corrected chi connectivity index (χ0v) is 15.3. The SMILES string of the molecule is CCC1c2ccsc2CCN1C(=O)c1ccc(I)c(Cl)c1. The first-order valence-electron chi connectivity index (χ1n) is 6.94. The van der Waals surface area contributed by atoms with Crippen LogP contribution >= 0.6 is 45.5 Å². The Morgan fingerprint density at radius 1 is 1.48 bits per heavy atom. The van der Waals surface area contributed by atoms with Crippen molar-refractivity contribution >= 4 is 51.4 Å². The average Bonchev–Trinajstić information content (AvgIpc) is 2.96. The van der Waals surface area contributed by atoms with E-state index in [-0.39, 0.29) is 11.9 Å². The Hall–Kier alpha value is -0.590. The molecule has 1 atom stereocenters. The molecule has 2 heterocycles. The Labute approximate surface area is 147 Å². The molecule has 0 spiro atoms. The third-order valence-corrected chi connectivity index (χ3v) is 6.48. The monoisotopic (exact) mass is 431 g/mol. The van der Waals surface area contributed by atoms with Crippen LogP contribution in [0.1, 0.15) is 40.2 Å². The molecule has 21 heavy (non-hydrogen) atoms. The van der Waals surface area contributed by atoms with Crippen LogP contribution in [-0.4, -0.2) is 17.4 Å². The van der Waals surface area contributed by atoms with Gasteiger partial charge in [-0.15, -0.1) is 11.3 Å². The molecule has 2 nitrogen and oxygen atoms in total. The van der Waals surface area contributed by atoms with Crippen molar-refractivity contribution in [3.05, 3.63) is 54.2 Å². The van der Waals surface area contributed by atoms with Crippen LogP contribution in [0, 0.1) is 3.57 Å². The number of benzene rings is 1. The summed E-state index contributed by atoms with van der Waals surface area (Å²) in [6.07, 6.45) is 1.89. The molecular weight excluding hydrogens is 417 g/mol. The first-order valence-corrected chi connectivity index (χ1v) is 9.27. The number of hydrogen-bond donors (Lipinski definition) is 0. The van der Waals surface area contributed by atoms with Gasteiger partial charge in [-0.25, -0.2) is 0 Å². The zero-order valence-electron chi connectivity index (χ0n) is 11.6. The number of thiophene rings is 1. The molecule has 0 fully saturated rings. The van der Waals surface area contributed by atoms with Crippen molar-refractivity contribution < 1.29 is 4.79 Å². The van der Waals surface area contributed by atoms with Crippen molar-refractivity contribution in [2.75, 3.05) is 6.54 Å². The van der Waals surface area contributed by atoms with Crippen LogP contribution in [0.5, 0.6) is 0 Å². The lowest BCUT2D eigenvalue weighted by atomic mass is 9.97. The van der Waals surface area contributed by atoms with Crippen molar-refractivity contribution in [1.82, 2.24) is 4.90 Å². The number of amides is 1. The predicted octanol–water partition coefficient (Wildman–Crippen LogP) is 5.16. The Bertz CT molecular complexity index is 685. The molecule has 1 aromatic carbocycles. The maximum absolute atomic E-state index is 12.8. The van der Waals surface area contributed by atoms with Crippen molar-refractivity contribution in [1.29, 1.82) is 0 Å². The number of hydrogen-bond acceptors (Lipinski definition) is 2. The van der Waals surface area contributed by atoms with Crippen LogP contribution in [0.4, 0.5) is 0 Å². The molecule has 1 amide bonds. The minimum absolute atomic E-state index is 0.0806. The second kappa shape index (κ2) is 6.26. The number of fused-ring (bicyclic) bond motifs is 1. The highest BCUT2D eigenvalue weighted by Gasteiger charge is 2.30. The first-order chi connectivity index (χ1) is 10.1. The van der Waals surface area contributed by atoms with Crippen LogP contribution in [0.15, 0.2) is 29.6 Å². The summed E-state index contributed by atoms with van der Waals surface area (Å²) in [5.41, 5.74) is 2.00. The van der Waals surface area contributed by atoms with Gasteiger partial charge in [-0.05, 0) is 70.6 Å². The van der Waals surface area contributed by atoms with E-state index < -0.39 is 0 Å². The molecule has 0 radical (unpaired) electrons. The van der Waals surface area contributed by atoms with Crippen LogP contribution in [0.2, 0.25) is 5.02 Å². The lowest BCUT2D eigenvalue weighted by Gasteiger charge is -2.35. The maximum atomic E-state index is 12.8. The van der Waals surface area contributed by atoms with Gasteiger partial charge >= 0.3 is 0 Å². The van der Waals surface area contributed by atoms with Crippen molar-refractivity contribution in [3.63, 3.8) is 0 Å². The topological polar surface area (TPSA) is 20.3 Å². The molecule has 1 aliphatic heterocycles. The summed E-state index contributed by atoms with van der Waals surface area (Å²) in [7, 11) is 0. The van der Waals surface area contributed by atoms with Gasteiger partial charge in [-0.1, -0.05) is 18.5 Å². The fraction of sp³-hybridized carbons (Fsp3) is 0.312. The first kappa shape index (κ1) is 15.3. The van der Waals surface area contributed by atoms with Crippen molar-refractivity contribution in [3.8, 4) is 0 Å². The largest absolute Gasteiger partial charge is 0.331 e. The number of rotatable bonds is 2. The smallest absolute Gasteiger partial charge is 0.254 e. The molecule has 0 aliphatic carbocycles. The summed E-state index contributed by atoms with van der Waals surface area (Å²) in [6, 6.07) is 7.89. The van der Waals surface area contributed by atoms with Crippen LogP contribution in [-0.2, 0) is 6.42 Å². The normalized spacial score (nSPS) is 17.7. The summed E-state index contributed by atoms with van der Waals surface area (Å²) < 4.78 is 0.969. The number of nitrogens with zero attached hydrogens (tertiary/aromatic N) is 1. The van der Waals surface area contributed by atoms with E-state index in [4.69, 9.17) is 11.6 Å². The fourth-order valence-electron chi connectivity index (χ4n) is 2.87. The van der Waals surface area contributed by atoms with Gasteiger partial charge in [0.05, 0.1) is 11.1 Å². The third-order valence-electron chi connectivity index (χ3n) is 3.91. The van der Waals surface area contributed by atoms with Crippen molar-refractivity contribution in [2.45, 2.75) is 25.8 Å². The summed E-state index contributed by atoms with van der Waals surface area (Å²) in [5.74, 6) is 0.0806. The molecule has 0 saturated carbocycles. The standard InChI is InChI=1S/C16H15ClINOS/c1-2-14-11-6-8-21-15(11)5-7-19(14)16(20)10-3-4-13(18)12(17)9-10/h3-4,6,8-9,14H,2,5,7H2,1H3. The van der Waals surface area contributed by atoms with Crippen molar-refractivity contribution in [2.24, 2.45) is 0 Å². The summed E-state index contributed by atoms with van der Waals surface area (Å²) >= 11 is 10.1. The van der Waals surface area contributed by atoms with Gasteiger partial charge in [0.1, 0.15) is 0 Å². The highest BCUT2D eigenvalue weighted by Crippen LogP contribution is 2.36. The van der Waals surface area contributed by atoms with Gasteiger partial charge in [-0.2, -0.15) is 0 Å². The summed E-state index contributed by atoms with van der Waals surface area (Å²) in [6.45, 7) is 2.92. The molecule has 1 aliphatic rings. The predicted molar refractivity (Wildman–Crippen MR) is 96.3 cm³/mol. The van der Waals surface area contributed by atoms with Crippen LogP contribution in [0.3, 0.4) is 0 Å². The van der Waals surface area contributed by atoms with E-state index >= 15 is 0 Å². The molecular formula is C16H15ClINOS. The minimum Gasteiger partial charge on any atom is -0.331 e. The maximum Gasteiger partial charge on any atom is 0.254 e. The molecule has 0 saturated heterocycles. The lowest BCUT2D eigenvalue weighted by Crippen LogP contribution is -2.39. The quantitative estimate of drug-likeness (QED) is 0.602. The van der Waals surface area contributed by atoms with Gasteiger partial charge in [-0.3, -0.25) is 4.79 Å². The van der Waals surface area contributed by atoms with E-state index in [1.54, 1.807) is 17.4 Å². The van der Waals surface area contributed by atoms with E-state index in [0.29, 0.717) is 10.6 Å².